The molecule has 0 radical (unpaired) electrons. The van der Waals surface area contributed by atoms with Crippen molar-refractivity contribution in [2.75, 3.05) is 26.2 Å². The fraction of sp³-hybridized carbons (Fsp3) is 0.550. The highest BCUT2D eigenvalue weighted by molar-refractivity contribution is 5.82. The Kier molecular flexibility index (Phi) is 5.13. The summed E-state index contributed by atoms with van der Waals surface area (Å²) < 4.78 is 2.04. The summed E-state index contributed by atoms with van der Waals surface area (Å²) in [5, 5.41) is 2.97. The number of piperazine rings is 1. The molecule has 0 spiro atoms. The number of imidazole rings is 1. The Morgan fingerprint density at radius 1 is 1.11 bits per heavy atom. The minimum absolute atomic E-state index is 0.0643. The summed E-state index contributed by atoms with van der Waals surface area (Å²) in [6, 6.07) is 5.94. The summed E-state index contributed by atoms with van der Waals surface area (Å²) in [7, 11) is 1.99. The third-order valence-corrected chi connectivity index (χ3v) is 4.93. The molecular formula is C20H29N5O2. The SMILES string of the molecule is Cc1nc2cc(CC(=O)N3CCN(C(=O)NC(C)(C)C)CC3)ccc2n1C. The molecule has 1 N–H and O–H groups in total. The molecule has 0 saturated carbocycles. The van der Waals surface area contributed by atoms with Crippen LogP contribution >= 0.6 is 0 Å². The van der Waals surface area contributed by atoms with E-state index in [0.717, 1.165) is 22.4 Å². The number of urea groups is 1. The summed E-state index contributed by atoms with van der Waals surface area (Å²) in [4.78, 5) is 33.1. The molecule has 1 aliphatic heterocycles. The molecule has 2 heterocycles. The number of amides is 3. The number of aromatic nitrogens is 2. The molecule has 1 saturated heterocycles. The molecule has 0 atom stereocenters. The molecule has 1 fully saturated rings. The maximum Gasteiger partial charge on any atom is 0.317 e. The van der Waals surface area contributed by atoms with Crippen LogP contribution in [0.5, 0.6) is 0 Å². The first-order valence-electron chi connectivity index (χ1n) is 9.41. The van der Waals surface area contributed by atoms with Gasteiger partial charge in [-0.1, -0.05) is 6.07 Å². The zero-order chi connectivity index (χ0) is 19.8. The number of aryl methyl sites for hydroxylation is 2. The average molecular weight is 371 g/mol. The Hall–Kier alpha value is -2.57. The van der Waals surface area contributed by atoms with Gasteiger partial charge in [-0.3, -0.25) is 4.79 Å². The van der Waals surface area contributed by atoms with E-state index < -0.39 is 0 Å². The molecule has 3 rings (SSSR count). The van der Waals surface area contributed by atoms with Crippen LogP contribution in [0, 0.1) is 6.92 Å². The van der Waals surface area contributed by atoms with E-state index in [0.29, 0.717) is 32.6 Å². The summed E-state index contributed by atoms with van der Waals surface area (Å²) in [5.41, 5.74) is 2.71. The van der Waals surface area contributed by atoms with Crippen LogP contribution in [0.1, 0.15) is 32.2 Å². The predicted octanol–water partition coefficient (Wildman–Crippen LogP) is 2.08. The van der Waals surface area contributed by atoms with Crippen molar-refractivity contribution in [2.45, 2.75) is 39.7 Å². The lowest BCUT2D eigenvalue weighted by atomic mass is 10.1. The van der Waals surface area contributed by atoms with Gasteiger partial charge in [0.05, 0.1) is 17.5 Å². The highest BCUT2D eigenvalue weighted by Gasteiger charge is 2.26. The highest BCUT2D eigenvalue weighted by Crippen LogP contribution is 2.17. The van der Waals surface area contributed by atoms with Gasteiger partial charge in [0.1, 0.15) is 5.82 Å². The molecule has 0 bridgehead atoms. The Labute approximate surface area is 160 Å². The van der Waals surface area contributed by atoms with Gasteiger partial charge in [0.2, 0.25) is 5.91 Å². The number of rotatable bonds is 2. The first kappa shape index (κ1) is 19.2. The third kappa shape index (κ3) is 4.40. The Balaban J connectivity index is 1.57. The minimum atomic E-state index is -0.257. The predicted molar refractivity (Wildman–Crippen MR) is 106 cm³/mol. The van der Waals surface area contributed by atoms with Crippen molar-refractivity contribution in [3.8, 4) is 0 Å². The molecule has 1 aromatic carbocycles. The van der Waals surface area contributed by atoms with Gasteiger partial charge in [0.25, 0.3) is 0 Å². The lowest BCUT2D eigenvalue weighted by molar-refractivity contribution is -0.131. The van der Waals surface area contributed by atoms with Crippen LogP contribution in [0.15, 0.2) is 18.2 Å². The van der Waals surface area contributed by atoms with E-state index >= 15 is 0 Å². The monoisotopic (exact) mass is 371 g/mol. The molecule has 3 amide bonds. The smallest absolute Gasteiger partial charge is 0.317 e. The molecule has 2 aromatic rings. The van der Waals surface area contributed by atoms with Gasteiger partial charge in [-0.2, -0.15) is 0 Å². The molecule has 0 aliphatic carbocycles. The number of nitrogens with zero attached hydrogens (tertiary/aromatic N) is 4. The van der Waals surface area contributed by atoms with Crippen molar-refractivity contribution in [2.24, 2.45) is 7.05 Å². The van der Waals surface area contributed by atoms with Crippen molar-refractivity contribution in [3.63, 3.8) is 0 Å². The van der Waals surface area contributed by atoms with Crippen LogP contribution < -0.4 is 5.32 Å². The van der Waals surface area contributed by atoms with E-state index in [1.807, 2.05) is 62.4 Å². The summed E-state index contributed by atoms with van der Waals surface area (Å²) in [6.07, 6.45) is 0.361. The van der Waals surface area contributed by atoms with Crippen LogP contribution in [0.25, 0.3) is 11.0 Å². The van der Waals surface area contributed by atoms with Gasteiger partial charge in [-0.05, 0) is 45.4 Å². The van der Waals surface area contributed by atoms with E-state index in [4.69, 9.17) is 0 Å². The fourth-order valence-electron chi connectivity index (χ4n) is 3.32. The second kappa shape index (κ2) is 7.21. The molecule has 7 nitrogen and oxygen atoms in total. The lowest BCUT2D eigenvalue weighted by Gasteiger charge is -2.36. The molecule has 1 aliphatic rings. The van der Waals surface area contributed by atoms with Crippen molar-refractivity contribution in [1.82, 2.24) is 24.7 Å². The number of nitrogens with one attached hydrogen (secondary N) is 1. The van der Waals surface area contributed by atoms with Crippen LogP contribution in [0.3, 0.4) is 0 Å². The first-order valence-corrected chi connectivity index (χ1v) is 9.41. The standard InChI is InChI=1S/C20H29N5O2/c1-14-21-16-12-15(6-7-17(16)23(14)5)13-18(26)24-8-10-25(11-9-24)19(27)22-20(2,3)4/h6-7,12H,8-11,13H2,1-5H3,(H,22,27). The van der Waals surface area contributed by atoms with Crippen LogP contribution in [-0.2, 0) is 18.3 Å². The normalized spacial score (nSPS) is 15.3. The van der Waals surface area contributed by atoms with E-state index in [1.165, 1.54) is 0 Å². The van der Waals surface area contributed by atoms with E-state index in [1.54, 1.807) is 4.90 Å². The maximum absolute atomic E-state index is 12.7. The van der Waals surface area contributed by atoms with Gasteiger partial charge in [-0.15, -0.1) is 0 Å². The second-order valence-electron chi connectivity index (χ2n) is 8.27. The zero-order valence-corrected chi connectivity index (χ0v) is 16.9. The van der Waals surface area contributed by atoms with E-state index in [-0.39, 0.29) is 17.5 Å². The van der Waals surface area contributed by atoms with Gasteiger partial charge >= 0.3 is 6.03 Å². The van der Waals surface area contributed by atoms with Gasteiger partial charge in [0, 0.05) is 38.8 Å². The van der Waals surface area contributed by atoms with E-state index in [9.17, 15) is 9.59 Å². The number of carbonyl (C=O) groups excluding carboxylic acids is 2. The number of fused-ring (bicyclic) bond motifs is 1. The molecule has 7 heteroatoms. The molecule has 0 unspecified atom stereocenters. The van der Waals surface area contributed by atoms with Crippen molar-refractivity contribution < 1.29 is 9.59 Å². The quantitative estimate of drug-likeness (QED) is 0.879. The van der Waals surface area contributed by atoms with Gasteiger partial charge in [-0.25, -0.2) is 9.78 Å². The largest absolute Gasteiger partial charge is 0.339 e. The molecule has 1 aromatic heterocycles. The van der Waals surface area contributed by atoms with Crippen molar-refractivity contribution in [1.29, 1.82) is 0 Å². The second-order valence-corrected chi connectivity index (χ2v) is 8.27. The first-order chi connectivity index (χ1) is 12.6. The molecular weight excluding hydrogens is 342 g/mol. The number of hydrogen-bond acceptors (Lipinski definition) is 3. The summed E-state index contributed by atoms with van der Waals surface area (Å²) in [5.74, 6) is 1.05. The molecule has 27 heavy (non-hydrogen) atoms. The zero-order valence-electron chi connectivity index (χ0n) is 16.9. The topological polar surface area (TPSA) is 70.5 Å². The third-order valence-electron chi connectivity index (χ3n) is 4.93. The minimum Gasteiger partial charge on any atom is -0.339 e. The summed E-state index contributed by atoms with van der Waals surface area (Å²) >= 11 is 0. The summed E-state index contributed by atoms with van der Waals surface area (Å²) in [6.45, 7) is 10.1. The fourth-order valence-corrected chi connectivity index (χ4v) is 3.32. The number of carbonyl (C=O) groups is 2. The Morgan fingerprint density at radius 2 is 1.74 bits per heavy atom. The van der Waals surface area contributed by atoms with Gasteiger partial charge < -0.3 is 19.7 Å². The lowest BCUT2D eigenvalue weighted by Crippen LogP contribution is -2.56. The van der Waals surface area contributed by atoms with Crippen molar-refractivity contribution in [3.05, 3.63) is 29.6 Å². The van der Waals surface area contributed by atoms with Crippen LogP contribution in [0.4, 0.5) is 4.79 Å². The Bertz CT molecular complexity index is 857. The van der Waals surface area contributed by atoms with Crippen LogP contribution in [-0.4, -0.2) is 63.0 Å². The number of hydrogen-bond donors (Lipinski definition) is 1. The maximum atomic E-state index is 12.7. The van der Waals surface area contributed by atoms with E-state index in [2.05, 4.69) is 10.3 Å². The highest BCUT2D eigenvalue weighted by atomic mass is 16.2. The van der Waals surface area contributed by atoms with Gasteiger partial charge in [0.15, 0.2) is 0 Å². The Morgan fingerprint density at radius 3 is 2.37 bits per heavy atom. The van der Waals surface area contributed by atoms with Crippen LogP contribution in [0.2, 0.25) is 0 Å². The average Bonchev–Trinajstić information content (AvgIpc) is 2.87. The number of benzene rings is 1. The molecule has 146 valence electrons. The van der Waals surface area contributed by atoms with Crippen molar-refractivity contribution >= 4 is 23.0 Å².